The van der Waals surface area contributed by atoms with Gasteiger partial charge in [0.25, 0.3) is 15.9 Å². The zero-order valence-corrected chi connectivity index (χ0v) is 18.8. The van der Waals surface area contributed by atoms with Gasteiger partial charge in [0.05, 0.1) is 23.4 Å². The Morgan fingerprint density at radius 1 is 1.12 bits per heavy atom. The zero-order valence-electron chi connectivity index (χ0n) is 17.2. The van der Waals surface area contributed by atoms with Gasteiger partial charge in [0.15, 0.2) is 0 Å². The summed E-state index contributed by atoms with van der Waals surface area (Å²) in [6.45, 7) is 1.60. The van der Waals surface area contributed by atoms with Gasteiger partial charge >= 0.3 is 0 Å². The predicted octanol–water partition coefficient (Wildman–Crippen LogP) is 3.48. The maximum Gasteiger partial charge on any atom is 0.264 e. The fraction of sp³-hybridized carbons (Fsp3) is 0.136. The largest absolute Gasteiger partial charge is 0.492 e. The van der Waals surface area contributed by atoms with Crippen molar-refractivity contribution < 1.29 is 17.9 Å². The Morgan fingerprint density at radius 2 is 1.81 bits per heavy atom. The van der Waals surface area contributed by atoms with E-state index in [-0.39, 0.29) is 10.6 Å². The van der Waals surface area contributed by atoms with Crippen LogP contribution < -0.4 is 14.5 Å². The van der Waals surface area contributed by atoms with E-state index in [1.807, 2.05) is 0 Å². The number of nitrogens with zero attached hydrogens (tertiary/aromatic N) is 3. The fourth-order valence-electron chi connectivity index (χ4n) is 2.77. The Balaban J connectivity index is 1.91. The second kappa shape index (κ2) is 10.7. The minimum absolute atomic E-state index is 0.0127. The minimum atomic E-state index is -4.11. The average Bonchev–Trinajstić information content (AvgIpc) is 2.79. The number of para-hydroxylation sites is 2. The number of hydrogen-bond donors (Lipinski definition) is 1. The molecule has 1 N–H and O–H groups in total. The Labute approximate surface area is 191 Å². The number of rotatable bonds is 9. The summed E-state index contributed by atoms with van der Waals surface area (Å²) in [4.78, 5) is 16.5. The molecule has 0 radical (unpaired) electrons. The highest BCUT2D eigenvalue weighted by atomic mass is 35.5. The van der Waals surface area contributed by atoms with Gasteiger partial charge in [-0.15, -0.1) is 0 Å². The zero-order chi connectivity index (χ0) is 23.0. The van der Waals surface area contributed by atoms with Gasteiger partial charge in [-0.1, -0.05) is 23.7 Å². The van der Waals surface area contributed by atoms with Crippen LogP contribution in [0.25, 0.3) is 0 Å². The summed E-state index contributed by atoms with van der Waals surface area (Å²) < 4.78 is 33.4. The second-order valence-corrected chi connectivity index (χ2v) is 8.74. The fourth-order valence-corrected chi connectivity index (χ4v) is 4.33. The summed E-state index contributed by atoms with van der Waals surface area (Å²) in [6.07, 6.45) is 4.62. The highest BCUT2D eigenvalue weighted by Gasteiger charge is 2.29. The molecular weight excluding hydrogens is 452 g/mol. The van der Waals surface area contributed by atoms with Gasteiger partial charge in [0, 0.05) is 17.4 Å². The van der Waals surface area contributed by atoms with Gasteiger partial charge in [0.1, 0.15) is 12.3 Å². The SMILES string of the molecule is CCOc1ccccc1N(CC(=O)N/N=C\c1ccncc1)S(=O)(=O)c1ccc(Cl)cc1. The Kier molecular flexibility index (Phi) is 7.80. The number of ether oxygens (including phenoxy) is 1. The van der Waals surface area contributed by atoms with Crippen molar-refractivity contribution in [3.8, 4) is 5.75 Å². The summed E-state index contributed by atoms with van der Waals surface area (Å²) in [7, 11) is -4.11. The molecule has 3 aromatic rings. The molecule has 0 atom stereocenters. The Morgan fingerprint density at radius 3 is 2.50 bits per heavy atom. The van der Waals surface area contributed by atoms with Gasteiger partial charge in [-0.3, -0.25) is 14.1 Å². The van der Waals surface area contributed by atoms with E-state index in [1.54, 1.807) is 55.7 Å². The Bertz CT molecular complexity index is 1190. The maximum absolute atomic E-state index is 13.4. The molecule has 166 valence electrons. The molecular formula is C22H21ClN4O4S. The molecule has 1 heterocycles. The topological polar surface area (TPSA) is 101 Å². The number of amides is 1. The highest BCUT2D eigenvalue weighted by Crippen LogP contribution is 2.32. The van der Waals surface area contributed by atoms with E-state index in [1.165, 1.54) is 30.5 Å². The van der Waals surface area contributed by atoms with Crippen LogP contribution in [-0.4, -0.2) is 38.7 Å². The molecule has 1 amide bonds. The molecule has 0 saturated heterocycles. The van der Waals surface area contributed by atoms with Crippen LogP contribution in [-0.2, 0) is 14.8 Å². The van der Waals surface area contributed by atoms with E-state index in [4.69, 9.17) is 16.3 Å². The van der Waals surface area contributed by atoms with Crippen molar-refractivity contribution in [2.45, 2.75) is 11.8 Å². The van der Waals surface area contributed by atoms with Crippen molar-refractivity contribution in [3.63, 3.8) is 0 Å². The first-order valence-corrected chi connectivity index (χ1v) is 11.5. The maximum atomic E-state index is 13.4. The number of nitrogens with one attached hydrogen (secondary N) is 1. The molecule has 32 heavy (non-hydrogen) atoms. The molecule has 10 heteroatoms. The van der Waals surface area contributed by atoms with Crippen molar-refractivity contribution >= 4 is 39.4 Å². The molecule has 3 rings (SSSR count). The number of pyridine rings is 1. The van der Waals surface area contributed by atoms with Gasteiger partial charge in [-0.2, -0.15) is 5.10 Å². The lowest BCUT2D eigenvalue weighted by molar-refractivity contribution is -0.119. The summed E-state index contributed by atoms with van der Waals surface area (Å²) in [5, 5.41) is 4.29. The monoisotopic (exact) mass is 472 g/mol. The Hall–Kier alpha value is -3.43. The second-order valence-electron chi connectivity index (χ2n) is 6.44. The molecule has 0 bridgehead atoms. The molecule has 0 unspecified atom stereocenters. The van der Waals surface area contributed by atoms with Crippen LogP contribution in [0.15, 0.2) is 83.1 Å². The molecule has 2 aromatic carbocycles. The lowest BCUT2D eigenvalue weighted by Gasteiger charge is -2.25. The molecule has 0 aliphatic heterocycles. The van der Waals surface area contributed by atoms with Gasteiger partial charge in [-0.05, 0) is 61.0 Å². The number of benzene rings is 2. The average molecular weight is 473 g/mol. The highest BCUT2D eigenvalue weighted by molar-refractivity contribution is 7.92. The van der Waals surface area contributed by atoms with Crippen LogP contribution in [0.3, 0.4) is 0 Å². The quantitative estimate of drug-likeness (QED) is 0.379. The first-order valence-electron chi connectivity index (χ1n) is 9.64. The number of anilines is 1. The van der Waals surface area contributed by atoms with Crippen LogP contribution in [0.5, 0.6) is 5.75 Å². The minimum Gasteiger partial charge on any atom is -0.492 e. The van der Waals surface area contributed by atoms with E-state index >= 15 is 0 Å². The predicted molar refractivity (Wildman–Crippen MR) is 124 cm³/mol. The molecule has 8 nitrogen and oxygen atoms in total. The lowest BCUT2D eigenvalue weighted by atomic mass is 10.3. The molecule has 0 aliphatic carbocycles. The smallest absolute Gasteiger partial charge is 0.264 e. The van der Waals surface area contributed by atoms with Crippen molar-refractivity contribution in [3.05, 3.63) is 83.6 Å². The number of aromatic nitrogens is 1. The van der Waals surface area contributed by atoms with Crippen LogP contribution in [0.1, 0.15) is 12.5 Å². The standard InChI is InChI=1S/C22H21ClN4O4S/c1-2-31-21-6-4-3-5-20(21)27(32(29,30)19-9-7-18(23)8-10-19)16-22(28)26-25-15-17-11-13-24-14-12-17/h3-15H,2,16H2,1H3,(H,26,28)/b25-15-. The van der Waals surface area contributed by atoms with Crippen molar-refractivity contribution in [1.29, 1.82) is 0 Å². The van der Waals surface area contributed by atoms with E-state index in [2.05, 4.69) is 15.5 Å². The summed E-state index contributed by atoms with van der Waals surface area (Å²) in [5.74, 6) is -0.292. The van der Waals surface area contributed by atoms with Gasteiger partial charge in [0.2, 0.25) is 0 Å². The number of carbonyl (C=O) groups is 1. The molecule has 0 saturated carbocycles. The molecule has 1 aromatic heterocycles. The van der Waals surface area contributed by atoms with Crippen LogP contribution >= 0.6 is 11.6 Å². The molecule has 0 fully saturated rings. The van der Waals surface area contributed by atoms with E-state index in [0.29, 0.717) is 17.4 Å². The number of carbonyl (C=O) groups excluding carboxylic acids is 1. The van der Waals surface area contributed by atoms with Crippen molar-refractivity contribution in [2.75, 3.05) is 17.5 Å². The van der Waals surface area contributed by atoms with Crippen LogP contribution in [0.4, 0.5) is 5.69 Å². The first-order chi connectivity index (χ1) is 15.4. The third-order valence-corrected chi connectivity index (χ3v) is 6.26. The van der Waals surface area contributed by atoms with E-state index < -0.39 is 22.5 Å². The van der Waals surface area contributed by atoms with Gasteiger partial charge in [-0.25, -0.2) is 13.8 Å². The summed E-state index contributed by atoms with van der Waals surface area (Å²) in [5.41, 5.74) is 3.32. The third-order valence-electron chi connectivity index (χ3n) is 4.23. The molecule has 0 spiro atoms. The van der Waals surface area contributed by atoms with Gasteiger partial charge < -0.3 is 4.74 Å². The number of sulfonamides is 1. The number of hydrogen-bond acceptors (Lipinski definition) is 6. The van der Waals surface area contributed by atoms with Crippen molar-refractivity contribution in [1.82, 2.24) is 10.4 Å². The first kappa shape index (κ1) is 23.2. The normalized spacial score (nSPS) is 11.3. The van der Waals surface area contributed by atoms with Crippen molar-refractivity contribution in [2.24, 2.45) is 5.10 Å². The number of halogens is 1. The lowest BCUT2D eigenvalue weighted by Crippen LogP contribution is -2.39. The van der Waals surface area contributed by atoms with E-state index in [9.17, 15) is 13.2 Å². The third kappa shape index (κ3) is 5.83. The number of hydrazone groups is 1. The summed E-state index contributed by atoms with van der Waals surface area (Å²) >= 11 is 5.90. The molecule has 0 aliphatic rings. The van der Waals surface area contributed by atoms with E-state index in [0.717, 1.165) is 9.87 Å². The van der Waals surface area contributed by atoms with Crippen LogP contribution in [0.2, 0.25) is 5.02 Å². The summed E-state index contributed by atoms with van der Waals surface area (Å²) in [6, 6.07) is 15.7. The van der Waals surface area contributed by atoms with Crippen LogP contribution in [0, 0.1) is 0 Å².